The molecule has 0 aliphatic heterocycles. The van der Waals surface area contributed by atoms with Gasteiger partial charge in [0.15, 0.2) is 0 Å². The van der Waals surface area contributed by atoms with Gasteiger partial charge in [-0.2, -0.15) is 0 Å². The second-order valence-corrected chi connectivity index (χ2v) is 7.78. The number of hydrogen-bond acceptors (Lipinski definition) is 0. The number of rotatable bonds is 13. The minimum Gasteiger partial charge on any atom is -1.00 e. The van der Waals surface area contributed by atoms with E-state index in [4.69, 9.17) is 0 Å². The molecule has 0 fully saturated rings. The second-order valence-electron chi connectivity index (χ2n) is 7.78. The van der Waals surface area contributed by atoms with E-state index < -0.39 is 0 Å². The van der Waals surface area contributed by atoms with Crippen molar-refractivity contribution in [3.63, 3.8) is 0 Å². The number of hydrogen-bond donors (Lipinski definition) is 0. The van der Waals surface area contributed by atoms with E-state index in [-0.39, 0.29) is 12.4 Å². The Morgan fingerprint density at radius 1 is 0.667 bits per heavy atom. The van der Waals surface area contributed by atoms with Crippen molar-refractivity contribution in [1.29, 1.82) is 0 Å². The Hall–Kier alpha value is -0.530. The first-order valence-corrected chi connectivity index (χ1v) is 9.96. The van der Waals surface area contributed by atoms with E-state index in [1.165, 1.54) is 88.4 Å². The predicted molar refractivity (Wildman–Crippen MR) is 106 cm³/mol. The summed E-state index contributed by atoms with van der Waals surface area (Å²) in [4.78, 5) is 0. The van der Waals surface area contributed by atoms with Crippen molar-refractivity contribution >= 4 is 5.69 Å². The molecular formula is C22H40ClN. The van der Waals surface area contributed by atoms with Crippen LogP contribution in [0.15, 0.2) is 24.3 Å². The van der Waals surface area contributed by atoms with Gasteiger partial charge in [0.2, 0.25) is 0 Å². The summed E-state index contributed by atoms with van der Waals surface area (Å²) in [6, 6.07) is 9.04. The van der Waals surface area contributed by atoms with Gasteiger partial charge in [0.25, 0.3) is 0 Å². The standard InChI is InChI=1S/C22H40N.ClH/c1-5-6-7-8-9-10-11-12-13-14-15-20-23(3,4)22-18-16-21(2)17-19-22;/h16-19H,5-15,20H2,1-4H3;1H/q+1;/p-1. The molecule has 0 aliphatic carbocycles. The molecule has 0 bridgehead atoms. The Morgan fingerprint density at radius 2 is 1.08 bits per heavy atom. The van der Waals surface area contributed by atoms with Crippen LogP contribution in [0.25, 0.3) is 0 Å². The Morgan fingerprint density at radius 3 is 1.54 bits per heavy atom. The molecule has 24 heavy (non-hydrogen) atoms. The molecule has 0 saturated carbocycles. The number of unbranched alkanes of at least 4 members (excludes halogenated alkanes) is 10. The Bertz CT molecular complexity index is 397. The van der Waals surface area contributed by atoms with Gasteiger partial charge in [0, 0.05) is 0 Å². The van der Waals surface area contributed by atoms with Gasteiger partial charge in [0.05, 0.1) is 20.6 Å². The lowest BCUT2D eigenvalue weighted by molar-refractivity contribution is -0.00000524. The summed E-state index contributed by atoms with van der Waals surface area (Å²) in [5, 5.41) is 0. The van der Waals surface area contributed by atoms with Gasteiger partial charge in [-0.25, -0.2) is 0 Å². The van der Waals surface area contributed by atoms with Crippen LogP contribution in [0.3, 0.4) is 0 Å². The van der Waals surface area contributed by atoms with Crippen LogP contribution in [0.2, 0.25) is 0 Å². The fraction of sp³-hybridized carbons (Fsp3) is 0.727. The number of aryl methyl sites for hydroxylation is 1. The van der Waals surface area contributed by atoms with Crippen LogP contribution in [0, 0.1) is 6.92 Å². The van der Waals surface area contributed by atoms with Crippen molar-refractivity contribution in [3.8, 4) is 0 Å². The molecule has 0 radical (unpaired) electrons. The summed E-state index contributed by atoms with van der Waals surface area (Å²) in [6.07, 6.45) is 15.6. The lowest BCUT2D eigenvalue weighted by Gasteiger charge is -2.29. The molecule has 0 unspecified atom stereocenters. The smallest absolute Gasteiger partial charge is 0.132 e. The van der Waals surface area contributed by atoms with Crippen molar-refractivity contribution < 1.29 is 12.4 Å². The average molecular weight is 354 g/mol. The SMILES string of the molecule is CCCCCCCCCCCCC[N+](C)(C)c1ccc(C)cc1.[Cl-]. The zero-order chi connectivity index (χ0) is 17.0. The van der Waals surface area contributed by atoms with Crippen molar-refractivity contribution in [2.45, 2.75) is 84.5 Å². The number of benzene rings is 1. The summed E-state index contributed by atoms with van der Waals surface area (Å²) in [7, 11) is 4.67. The van der Waals surface area contributed by atoms with Crippen LogP contribution in [0.4, 0.5) is 5.69 Å². The topological polar surface area (TPSA) is 0 Å². The van der Waals surface area contributed by atoms with E-state index in [1.54, 1.807) is 0 Å². The summed E-state index contributed by atoms with van der Waals surface area (Å²) in [5.74, 6) is 0. The first kappa shape index (κ1) is 23.5. The Kier molecular flexibility index (Phi) is 13.4. The van der Waals surface area contributed by atoms with E-state index in [1.807, 2.05) is 0 Å². The van der Waals surface area contributed by atoms with Crippen molar-refractivity contribution in [3.05, 3.63) is 29.8 Å². The zero-order valence-corrected chi connectivity index (χ0v) is 17.4. The summed E-state index contributed by atoms with van der Waals surface area (Å²) < 4.78 is 1.01. The molecule has 1 nitrogen and oxygen atoms in total. The fourth-order valence-corrected chi connectivity index (χ4v) is 3.25. The van der Waals surface area contributed by atoms with Gasteiger partial charge in [-0.3, -0.25) is 4.48 Å². The molecule has 0 spiro atoms. The number of nitrogens with zero attached hydrogens (tertiary/aromatic N) is 1. The third-order valence-corrected chi connectivity index (χ3v) is 5.05. The fourth-order valence-electron chi connectivity index (χ4n) is 3.25. The van der Waals surface area contributed by atoms with Crippen LogP contribution in [-0.4, -0.2) is 20.6 Å². The van der Waals surface area contributed by atoms with Crippen molar-refractivity contribution in [2.24, 2.45) is 0 Å². The molecule has 0 saturated heterocycles. The van der Waals surface area contributed by atoms with E-state index in [2.05, 4.69) is 52.2 Å². The Balaban J connectivity index is 0.00000529. The van der Waals surface area contributed by atoms with Crippen LogP contribution < -0.4 is 16.9 Å². The monoisotopic (exact) mass is 353 g/mol. The molecule has 0 aliphatic rings. The molecule has 140 valence electrons. The van der Waals surface area contributed by atoms with Crippen molar-refractivity contribution in [1.82, 2.24) is 4.48 Å². The van der Waals surface area contributed by atoms with Crippen LogP contribution in [0.5, 0.6) is 0 Å². The minimum atomic E-state index is 0. The van der Waals surface area contributed by atoms with Gasteiger partial charge in [-0.05, 0) is 31.9 Å². The highest BCUT2D eigenvalue weighted by Crippen LogP contribution is 2.20. The number of halogens is 1. The third kappa shape index (κ3) is 10.4. The van der Waals surface area contributed by atoms with Gasteiger partial charge < -0.3 is 12.4 Å². The molecule has 1 rings (SSSR count). The largest absolute Gasteiger partial charge is 1.00 e. The molecule has 0 aromatic heterocycles. The van der Waals surface area contributed by atoms with Gasteiger partial charge in [-0.1, -0.05) is 82.4 Å². The van der Waals surface area contributed by atoms with E-state index in [0.29, 0.717) is 0 Å². The maximum absolute atomic E-state index is 2.33. The van der Waals surface area contributed by atoms with Crippen LogP contribution in [0.1, 0.15) is 83.1 Å². The molecule has 2 heteroatoms. The quantitative estimate of drug-likeness (QED) is 0.373. The minimum absolute atomic E-state index is 0. The maximum Gasteiger partial charge on any atom is 0.132 e. The van der Waals surface area contributed by atoms with Gasteiger partial charge in [-0.15, -0.1) is 0 Å². The first-order valence-electron chi connectivity index (χ1n) is 9.96. The summed E-state index contributed by atoms with van der Waals surface area (Å²) in [6.45, 7) is 5.70. The summed E-state index contributed by atoms with van der Waals surface area (Å²) >= 11 is 0. The van der Waals surface area contributed by atoms with E-state index >= 15 is 0 Å². The first-order chi connectivity index (χ1) is 11.1. The van der Waals surface area contributed by atoms with Crippen LogP contribution >= 0.6 is 0 Å². The molecule has 1 aromatic rings. The third-order valence-electron chi connectivity index (χ3n) is 5.05. The number of quaternary nitrogens is 1. The average Bonchev–Trinajstić information content (AvgIpc) is 2.53. The summed E-state index contributed by atoms with van der Waals surface area (Å²) in [5.41, 5.74) is 2.78. The highest BCUT2D eigenvalue weighted by molar-refractivity contribution is 5.42. The second kappa shape index (κ2) is 13.7. The highest BCUT2D eigenvalue weighted by Gasteiger charge is 2.17. The molecule has 0 heterocycles. The highest BCUT2D eigenvalue weighted by atomic mass is 35.5. The predicted octanol–water partition coefficient (Wildman–Crippen LogP) is 3.88. The van der Waals surface area contributed by atoms with E-state index in [0.717, 1.165) is 4.48 Å². The van der Waals surface area contributed by atoms with Gasteiger partial charge in [0.1, 0.15) is 5.69 Å². The molecular weight excluding hydrogens is 314 g/mol. The normalized spacial score (nSPS) is 11.3. The van der Waals surface area contributed by atoms with E-state index in [9.17, 15) is 0 Å². The molecule has 0 N–H and O–H groups in total. The maximum atomic E-state index is 2.33. The van der Waals surface area contributed by atoms with Crippen molar-refractivity contribution in [2.75, 3.05) is 20.6 Å². The zero-order valence-electron chi connectivity index (χ0n) is 16.6. The van der Waals surface area contributed by atoms with Crippen LogP contribution in [-0.2, 0) is 0 Å². The van der Waals surface area contributed by atoms with Gasteiger partial charge >= 0.3 is 0 Å². The molecule has 0 amide bonds. The Labute approximate surface area is 157 Å². The molecule has 1 aromatic carbocycles. The lowest BCUT2D eigenvalue weighted by Crippen LogP contribution is -3.00. The molecule has 0 atom stereocenters. The lowest BCUT2D eigenvalue weighted by atomic mass is 10.1.